The number of para-hydroxylation sites is 1. The van der Waals surface area contributed by atoms with E-state index in [2.05, 4.69) is 15.3 Å². The first-order valence-electron chi connectivity index (χ1n) is 9.75. The molecule has 3 aromatic rings. The van der Waals surface area contributed by atoms with Crippen LogP contribution in [0, 0.1) is 15.9 Å². The zero-order valence-corrected chi connectivity index (χ0v) is 17.3. The van der Waals surface area contributed by atoms with E-state index in [4.69, 9.17) is 11.6 Å². The number of nitrogens with zero attached hydrogens (tertiary/aromatic N) is 5. The molecule has 0 bridgehead atoms. The molecule has 0 amide bonds. The van der Waals surface area contributed by atoms with E-state index in [1.54, 1.807) is 24.3 Å². The van der Waals surface area contributed by atoms with Crippen LogP contribution in [0.3, 0.4) is 0 Å². The summed E-state index contributed by atoms with van der Waals surface area (Å²) in [6.07, 6.45) is 1.31. The van der Waals surface area contributed by atoms with Crippen molar-refractivity contribution < 1.29 is 9.31 Å². The van der Waals surface area contributed by atoms with Crippen molar-refractivity contribution in [3.05, 3.63) is 81.4 Å². The molecule has 4 rings (SSSR count). The normalized spacial score (nSPS) is 13.9. The van der Waals surface area contributed by atoms with Gasteiger partial charge in [0.15, 0.2) is 0 Å². The van der Waals surface area contributed by atoms with Gasteiger partial charge in [-0.2, -0.15) is 0 Å². The third-order valence-corrected chi connectivity index (χ3v) is 5.53. The van der Waals surface area contributed by atoms with Gasteiger partial charge in [-0.3, -0.25) is 10.1 Å². The summed E-state index contributed by atoms with van der Waals surface area (Å²) in [4.78, 5) is 23.4. The third kappa shape index (κ3) is 4.51. The van der Waals surface area contributed by atoms with Gasteiger partial charge in [-0.15, -0.1) is 0 Å². The number of anilines is 3. The van der Waals surface area contributed by atoms with Crippen molar-refractivity contribution in [2.75, 3.05) is 41.3 Å². The topological polar surface area (TPSA) is 87.4 Å². The summed E-state index contributed by atoms with van der Waals surface area (Å²) in [6.45, 7) is 2.26. The van der Waals surface area contributed by atoms with Crippen LogP contribution in [0.2, 0.25) is 5.02 Å². The highest BCUT2D eigenvalue weighted by molar-refractivity contribution is 6.31. The molecular formula is C21H20ClFN6O2. The summed E-state index contributed by atoms with van der Waals surface area (Å²) in [5, 5.41) is 15.4. The minimum absolute atomic E-state index is 0.131. The number of hydrogen-bond donors (Lipinski definition) is 1. The molecule has 8 nitrogen and oxygen atoms in total. The first kappa shape index (κ1) is 20.8. The van der Waals surface area contributed by atoms with Crippen molar-refractivity contribution in [2.24, 2.45) is 0 Å². The monoisotopic (exact) mass is 442 g/mol. The van der Waals surface area contributed by atoms with Gasteiger partial charge in [0.1, 0.15) is 12.1 Å². The number of piperazine rings is 1. The average molecular weight is 443 g/mol. The maximum Gasteiger partial charge on any atom is 0.353 e. The fourth-order valence-electron chi connectivity index (χ4n) is 3.59. The smallest absolute Gasteiger partial charge is 0.353 e. The third-order valence-electron chi connectivity index (χ3n) is 5.16. The number of benzene rings is 2. The molecule has 2 aromatic carbocycles. The molecule has 0 atom stereocenters. The van der Waals surface area contributed by atoms with Crippen molar-refractivity contribution in [1.82, 2.24) is 9.97 Å². The standard InChI is InChI=1S/C21H20ClFN6O2/c22-16-6-2-1-5-15(16)13-24-20-19(29(30)31)21(26-14-25-20)28-11-9-27(10-12-28)18-8-4-3-7-17(18)23/h1-8,14H,9-13H2,(H,24,25,26). The molecule has 0 unspecified atom stereocenters. The van der Waals surface area contributed by atoms with E-state index in [0.717, 1.165) is 5.56 Å². The molecule has 0 radical (unpaired) electrons. The van der Waals surface area contributed by atoms with Gasteiger partial charge < -0.3 is 15.1 Å². The van der Waals surface area contributed by atoms with Gasteiger partial charge in [0.2, 0.25) is 11.6 Å². The molecule has 10 heteroatoms. The Labute approximate surface area is 183 Å². The lowest BCUT2D eigenvalue weighted by Crippen LogP contribution is -2.47. The maximum absolute atomic E-state index is 14.1. The quantitative estimate of drug-likeness (QED) is 0.454. The minimum Gasteiger partial charge on any atom is -0.366 e. The highest BCUT2D eigenvalue weighted by atomic mass is 35.5. The fourth-order valence-corrected chi connectivity index (χ4v) is 3.79. The number of aromatic nitrogens is 2. The summed E-state index contributed by atoms with van der Waals surface area (Å²) < 4.78 is 14.1. The van der Waals surface area contributed by atoms with Crippen LogP contribution in [0.4, 0.5) is 27.4 Å². The molecule has 1 aliphatic heterocycles. The van der Waals surface area contributed by atoms with Gasteiger partial charge >= 0.3 is 5.69 Å². The van der Waals surface area contributed by atoms with E-state index in [-0.39, 0.29) is 29.7 Å². The van der Waals surface area contributed by atoms with Crippen LogP contribution in [-0.2, 0) is 6.54 Å². The second-order valence-electron chi connectivity index (χ2n) is 7.02. The summed E-state index contributed by atoms with van der Waals surface area (Å²) >= 11 is 6.17. The van der Waals surface area contributed by atoms with Gasteiger partial charge in [0, 0.05) is 37.7 Å². The Kier molecular flexibility index (Phi) is 6.13. The number of hydrogen-bond acceptors (Lipinski definition) is 7. The number of halogens is 2. The van der Waals surface area contributed by atoms with Gasteiger partial charge in [0.25, 0.3) is 0 Å². The van der Waals surface area contributed by atoms with E-state index in [9.17, 15) is 14.5 Å². The van der Waals surface area contributed by atoms with Gasteiger partial charge in [-0.1, -0.05) is 41.9 Å². The van der Waals surface area contributed by atoms with Crippen LogP contribution in [0.1, 0.15) is 5.56 Å². The van der Waals surface area contributed by atoms with Crippen molar-refractivity contribution in [2.45, 2.75) is 6.54 Å². The van der Waals surface area contributed by atoms with Gasteiger partial charge in [-0.05, 0) is 23.8 Å². The maximum atomic E-state index is 14.1. The van der Waals surface area contributed by atoms with Gasteiger partial charge in [0.05, 0.1) is 10.6 Å². The van der Waals surface area contributed by atoms with Crippen LogP contribution >= 0.6 is 11.6 Å². The van der Waals surface area contributed by atoms with Crippen molar-refractivity contribution in [1.29, 1.82) is 0 Å². The van der Waals surface area contributed by atoms with Crippen LogP contribution in [-0.4, -0.2) is 41.1 Å². The largest absolute Gasteiger partial charge is 0.366 e. The van der Waals surface area contributed by atoms with Gasteiger partial charge in [-0.25, -0.2) is 14.4 Å². The molecule has 160 valence electrons. The van der Waals surface area contributed by atoms with Crippen LogP contribution in [0.5, 0.6) is 0 Å². The van der Waals surface area contributed by atoms with Crippen LogP contribution in [0.15, 0.2) is 54.9 Å². The molecule has 1 N–H and O–H groups in total. The second kappa shape index (κ2) is 9.13. The van der Waals surface area contributed by atoms with Crippen molar-refractivity contribution >= 4 is 34.6 Å². The zero-order valence-electron chi connectivity index (χ0n) is 16.5. The average Bonchev–Trinajstić information content (AvgIpc) is 2.78. The summed E-state index contributed by atoms with van der Waals surface area (Å²) in [5.74, 6) is 0.0938. The zero-order chi connectivity index (χ0) is 21.8. The summed E-state index contributed by atoms with van der Waals surface area (Å²) in [7, 11) is 0. The fraction of sp³-hybridized carbons (Fsp3) is 0.238. The molecular weight excluding hydrogens is 423 g/mol. The lowest BCUT2D eigenvalue weighted by molar-refractivity contribution is -0.383. The molecule has 2 heterocycles. The molecule has 1 aliphatic rings. The highest BCUT2D eigenvalue weighted by Gasteiger charge is 2.29. The molecule has 1 saturated heterocycles. The van der Waals surface area contributed by atoms with E-state index >= 15 is 0 Å². The van der Waals surface area contributed by atoms with E-state index in [1.807, 2.05) is 28.0 Å². The molecule has 1 aromatic heterocycles. The Bertz CT molecular complexity index is 1090. The van der Waals surface area contributed by atoms with Crippen LogP contribution in [0.25, 0.3) is 0 Å². The Morgan fingerprint density at radius 3 is 2.42 bits per heavy atom. The predicted molar refractivity (Wildman–Crippen MR) is 118 cm³/mol. The van der Waals surface area contributed by atoms with Crippen molar-refractivity contribution in [3.8, 4) is 0 Å². The lowest BCUT2D eigenvalue weighted by atomic mass is 10.2. The highest BCUT2D eigenvalue weighted by Crippen LogP contribution is 2.33. The number of nitrogens with one attached hydrogen (secondary N) is 1. The Hall–Kier alpha value is -3.46. The molecule has 31 heavy (non-hydrogen) atoms. The second-order valence-corrected chi connectivity index (χ2v) is 7.43. The Morgan fingerprint density at radius 1 is 1.03 bits per heavy atom. The lowest BCUT2D eigenvalue weighted by Gasteiger charge is -2.36. The Morgan fingerprint density at radius 2 is 1.71 bits per heavy atom. The first-order chi connectivity index (χ1) is 15.0. The minimum atomic E-state index is -0.479. The molecule has 0 aliphatic carbocycles. The summed E-state index contributed by atoms with van der Waals surface area (Å²) in [6, 6.07) is 13.9. The molecule has 0 saturated carbocycles. The number of nitro groups is 1. The van der Waals surface area contributed by atoms with E-state index in [1.165, 1.54) is 12.4 Å². The number of rotatable bonds is 6. The SMILES string of the molecule is O=[N+]([O-])c1c(NCc2ccccc2Cl)ncnc1N1CCN(c2ccccc2F)CC1. The van der Waals surface area contributed by atoms with Crippen molar-refractivity contribution in [3.63, 3.8) is 0 Å². The van der Waals surface area contributed by atoms with Crippen LogP contribution < -0.4 is 15.1 Å². The predicted octanol–water partition coefficient (Wildman–Crippen LogP) is 4.12. The van der Waals surface area contributed by atoms with E-state index < -0.39 is 4.92 Å². The van der Waals surface area contributed by atoms with E-state index in [0.29, 0.717) is 36.9 Å². The summed E-state index contributed by atoms with van der Waals surface area (Å²) in [5.41, 5.74) is 1.15. The molecule has 0 spiro atoms. The molecule has 1 fully saturated rings. The first-order valence-corrected chi connectivity index (χ1v) is 10.1. The Balaban J connectivity index is 1.52.